The summed E-state index contributed by atoms with van der Waals surface area (Å²) in [6, 6.07) is 11.5. The molecule has 1 aliphatic heterocycles. The molecule has 0 bridgehead atoms. The monoisotopic (exact) mass is 526 g/mol. The number of hydrogen-bond donors (Lipinski definition) is 1. The Labute approximate surface area is 218 Å². The molecule has 198 valence electrons. The van der Waals surface area contributed by atoms with Crippen molar-refractivity contribution in [2.45, 2.75) is 62.9 Å². The molecule has 9 heteroatoms. The van der Waals surface area contributed by atoms with Crippen LogP contribution in [-0.2, 0) is 26.0 Å². The molecular formula is C28H34N2O6S. The highest BCUT2D eigenvalue weighted by Gasteiger charge is 2.32. The number of amides is 1. The van der Waals surface area contributed by atoms with Crippen molar-refractivity contribution in [1.29, 1.82) is 0 Å². The van der Waals surface area contributed by atoms with E-state index in [2.05, 4.69) is 11.4 Å². The average Bonchev–Trinajstić information content (AvgIpc) is 2.92. The molecule has 0 aromatic heterocycles. The fourth-order valence-corrected chi connectivity index (χ4v) is 6.50. The van der Waals surface area contributed by atoms with Gasteiger partial charge in [0, 0.05) is 13.1 Å². The molecule has 2 aromatic rings. The van der Waals surface area contributed by atoms with Gasteiger partial charge in [-0.1, -0.05) is 29.8 Å². The fraction of sp³-hybridized carbons (Fsp3) is 0.429. The standard InChI is InChI=1S/C28H34N2O6S/c1-20(27(31)29-17-16-21-9-4-3-5-10-21)36-28(32)23-14-15-25(35-2)26(19-23)37(33,34)30-18-8-12-22-11-6-7-13-24(22)30/h6-7,9,11,13-15,19-20H,3-5,8,10,12,16-18H2,1-2H3,(H,29,31)/t20-/m0/s1. The zero-order valence-corrected chi connectivity index (χ0v) is 22.2. The summed E-state index contributed by atoms with van der Waals surface area (Å²) in [6.07, 6.45) is 8.01. The van der Waals surface area contributed by atoms with Gasteiger partial charge in [-0.15, -0.1) is 0 Å². The summed E-state index contributed by atoms with van der Waals surface area (Å²) in [7, 11) is -2.64. The van der Waals surface area contributed by atoms with Gasteiger partial charge in [0.05, 0.1) is 18.4 Å². The second kappa shape index (κ2) is 11.8. The normalized spacial score (nSPS) is 16.3. The number of benzene rings is 2. The Hall–Kier alpha value is -3.33. The van der Waals surface area contributed by atoms with Gasteiger partial charge in [-0.2, -0.15) is 0 Å². The van der Waals surface area contributed by atoms with Gasteiger partial charge in [-0.25, -0.2) is 13.2 Å². The summed E-state index contributed by atoms with van der Waals surface area (Å²) < 4.78 is 39.5. The van der Waals surface area contributed by atoms with Gasteiger partial charge in [0.2, 0.25) is 0 Å². The van der Waals surface area contributed by atoms with Crippen molar-refractivity contribution >= 4 is 27.6 Å². The molecule has 0 spiro atoms. The lowest BCUT2D eigenvalue weighted by molar-refractivity contribution is -0.129. The topological polar surface area (TPSA) is 102 Å². The third-order valence-corrected chi connectivity index (χ3v) is 8.65. The Morgan fingerprint density at radius 1 is 1.08 bits per heavy atom. The number of aryl methyl sites for hydroxylation is 1. The molecular weight excluding hydrogens is 492 g/mol. The summed E-state index contributed by atoms with van der Waals surface area (Å²) in [5.74, 6) is -1.05. The van der Waals surface area contributed by atoms with E-state index in [1.165, 1.54) is 55.0 Å². The Bertz CT molecular complexity index is 1290. The zero-order valence-electron chi connectivity index (χ0n) is 21.4. The molecule has 1 atom stereocenters. The van der Waals surface area contributed by atoms with Gasteiger partial charge in [-0.3, -0.25) is 9.10 Å². The van der Waals surface area contributed by atoms with Gasteiger partial charge in [-0.05, 0) is 81.7 Å². The lowest BCUT2D eigenvalue weighted by atomic mass is 9.97. The first-order valence-corrected chi connectivity index (χ1v) is 14.2. The fourth-order valence-electron chi connectivity index (χ4n) is 4.78. The minimum Gasteiger partial charge on any atom is -0.495 e. The first kappa shape index (κ1) is 26.7. The van der Waals surface area contributed by atoms with Crippen molar-refractivity contribution in [2.24, 2.45) is 0 Å². The molecule has 1 aliphatic carbocycles. The Morgan fingerprint density at radius 3 is 2.65 bits per heavy atom. The van der Waals surface area contributed by atoms with E-state index in [1.54, 1.807) is 12.1 Å². The van der Waals surface area contributed by atoms with E-state index >= 15 is 0 Å². The highest BCUT2D eigenvalue weighted by Crippen LogP contribution is 2.35. The van der Waals surface area contributed by atoms with Crippen LogP contribution < -0.4 is 14.4 Å². The van der Waals surface area contributed by atoms with E-state index in [4.69, 9.17) is 9.47 Å². The Kier molecular flexibility index (Phi) is 8.53. The molecule has 0 saturated carbocycles. The smallest absolute Gasteiger partial charge is 0.338 e. The zero-order chi connectivity index (χ0) is 26.4. The summed E-state index contributed by atoms with van der Waals surface area (Å²) in [6.45, 7) is 2.30. The number of fused-ring (bicyclic) bond motifs is 1. The maximum absolute atomic E-state index is 13.7. The summed E-state index contributed by atoms with van der Waals surface area (Å²) in [4.78, 5) is 25.2. The number of rotatable bonds is 9. The average molecular weight is 527 g/mol. The van der Waals surface area contributed by atoms with Crippen molar-refractivity contribution in [1.82, 2.24) is 5.32 Å². The molecule has 1 N–H and O–H groups in total. The number of nitrogens with one attached hydrogen (secondary N) is 1. The van der Waals surface area contributed by atoms with Crippen LogP contribution in [0.4, 0.5) is 5.69 Å². The quantitative estimate of drug-likeness (QED) is 0.384. The van der Waals surface area contributed by atoms with Gasteiger partial charge in [0.1, 0.15) is 10.6 Å². The molecule has 0 unspecified atom stereocenters. The SMILES string of the molecule is COc1ccc(C(=O)O[C@@H](C)C(=O)NCCC2=CCCCC2)cc1S(=O)(=O)N1CCCc2ccccc21. The number of para-hydroxylation sites is 1. The predicted molar refractivity (Wildman–Crippen MR) is 141 cm³/mol. The van der Waals surface area contributed by atoms with Crippen LogP contribution in [0, 0.1) is 0 Å². The van der Waals surface area contributed by atoms with Crippen LogP contribution in [-0.4, -0.2) is 46.6 Å². The number of carbonyl (C=O) groups excluding carboxylic acids is 2. The van der Waals surface area contributed by atoms with Crippen LogP contribution in [0.5, 0.6) is 5.75 Å². The first-order valence-electron chi connectivity index (χ1n) is 12.8. The van der Waals surface area contributed by atoms with Crippen LogP contribution in [0.25, 0.3) is 0 Å². The first-order chi connectivity index (χ1) is 17.8. The summed E-state index contributed by atoms with van der Waals surface area (Å²) in [5.41, 5.74) is 2.95. The lowest BCUT2D eigenvalue weighted by Gasteiger charge is -2.31. The number of carbonyl (C=O) groups is 2. The van der Waals surface area contributed by atoms with Crippen molar-refractivity contribution in [3.8, 4) is 5.75 Å². The number of anilines is 1. The molecule has 0 fully saturated rings. The van der Waals surface area contributed by atoms with Crippen molar-refractivity contribution in [3.05, 3.63) is 65.2 Å². The number of hydrogen-bond acceptors (Lipinski definition) is 6. The highest BCUT2D eigenvalue weighted by molar-refractivity contribution is 7.93. The molecule has 8 nitrogen and oxygen atoms in total. The van der Waals surface area contributed by atoms with E-state index in [0.717, 1.165) is 31.2 Å². The number of esters is 1. The summed E-state index contributed by atoms with van der Waals surface area (Å²) in [5, 5.41) is 2.81. The molecule has 0 saturated heterocycles. The van der Waals surface area contributed by atoms with Crippen molar-refractivity contribution in [2.75, 3.05) is 24.5 Å². The van der Waals surface area contributed by atoms with Gasteiger partial charge in [0.25, 0.3) is 15.9 Å². The highest BCUT2D eigenvalue weighted by atomic mass is 32.2. The van der Waals surface area contributed by atoms with E-state index in [0.29, 0.717) is 25.2 Å². The van der Waals surface area contributed by atoms with E-state index < -0.39 is 28.0 Å². The Morgan fingerprint density at radius 2 is 1.89 bits per heavy atom. The van der Waals surface area contributed by atoms with Crippen LogP contribution in [0.2, 0.25) is 0 Å². The molecule has 0 radical (unpaired) electrons. The predicted octanol–water partition coefficient (Wildman–Crippen LogP) is 4.39. The molecule has 4 rings (SSSR count). The molecule has 2 aromatic carbocycles. The number of allylic oxidation sites excluding steroid dienone is 1. The van der Waals surface area contributed by atoms with Crippen LogP contribution in [0.3, 0.4) is 0 Å². The van der Waals surface area contributed by atoms with Crippen LogP contribution >= 0.6 is 0 Å². The number of ether oxygens (including phenoxy) is 2. The second-order valence-corrected chi connectivity index (χ2v) is 11.2. The lowest BCUT2D eigenvalue weighted by Crippen LogP contribution is -2.37. The number of methoxy groups -OCH3 is 1. The van der Waals surface area contributed by atoms with Crippen molar-refractivity contribution in [3.63, 3.8) is 0 Å². The minimum atomic E-state index is -4.03. The van der Waals surface area contributed by atoms with E-state index in [-0.39, 0.29) is 16.2 Å². The maximum atomic E-state index is 13.7. The largest absolute Gasteiger partial charge is 0.495 e. The number of sulfonamides is 1. The van der Waals surface area contributed by atoms with E-state index in [9.17, 15) is 18.0 Å². The van der Waals surface area contributed by atoms with Crippen LogP contribution in [0.1, 0.15) is 61.4 Å². The number of nitrogens with zero attached hydrogens (tertiary/aromatic N) is 1. The van der Waals surface area contributed by atoms with Gasteiger partial charge >= 0.3 is 5.97 Å². The molecule has 1 heterocycles. The Balaban J connectivity index is 1.47. The molecule has 37 heavy (non-hydrogen) atoms. The molecule has 2 aliphatic rings. The van der Waals surface area contributed by atoms with Crippen molar-refractivity contribution < 1.29 is 27.5 Å². The summed E-state index contributed by atoms with van der Waals surface area (Å²) >= 11 is 0. The third kappa shape index (κ3) is 6.15. The van der Waals surface area contributed by atoms with E-state index in [1.807, 2.05) is 12.1 Å². The maximum Gasteiger partial charge on any atom is 0.338 e. The van der Waals surface area contributed by atoms with Crippen LogP contribution in [0.15, 0.2) is 59.0 Å². The minimum absolute atomic E-state index is 0.0247. The molecule has 1 amide bonds. The third-order valence-electron chi connectivity index (χ3n) is 6.82. The van der Waals surface area contributed by atoms with Gasteiger partial charge in [0.15, 0.2) is 6.10 Å². The second-order valence-electron chi connectivity index (χ2n) is 9.37. The van der Waals surface area contributed by atoms with Gasteiger partial charge < -0.3 is 14.8 Å².